The molecule has 0 spiro atoms. The van der Waals surface area contributed by atoms with Gasteiger partial charge in [0.2, 0.25) is 5.91 Å². The van der Waals surface area contributed by atoms with Crippen molar-refractivity contribution in [2.45, 2.75) is 137 Å². The van der Waals surface area contributed by atoms with Crippen LogP contribution in [0.25, 0.3) is 5.57 Å². The second-order valence-corrected chi connectivity index (χ2v) is 21.7. The van der Waals surface area contributed by atoms with E-state index >= 15 is 0 Å². The minimum absolute atomic E-state index is 0.00599. The summed E-state index contributed by atoms with van der Waals surface area (Å²) in [6.07, 6.45) is 14.7. The van der Waals surface area contributed by atoms with Crippen molar-refractivity contribution in [2.24, 2.45) is 57.2 Å². The Kier molecular flexibility index (Phi) is 9.33. The molecule has 2 aliphatic heterocycles. The number of carboxylic acids is 1. The van der Waals surface area contributed by atoms with Gasteiger partial charge in [0.15, 0.2) is 0 Å². The summed E-state index contributed by atoms with van der Waals surface area (Å²) in [5.41, 5.74) is 4.98. The van der Waals surface area contributed by atoms with Crippen molar-refractivity contribution in [2.75, 3.05) is 19.6 Å². The fraction of sp³-hybridized carbons (Fsp3) is 0.680. The minimum Gasteiger partial charge on any atom is -0.478 e. The van der Waals surface area contributed by atoms with E-state index in [9.17, 15) is 14.7 Å². The van der Waals surface area contributed by atoms with Gasteiger partial charge in [0.25, 0.3) is 0 Å². The molecule has 2 saturated heterocycles. The zero-order valence-electron chi connectivity index (χ0n) is 35.4. The molecular formula is C50H69N3O3. The lowest BCUT2D eigenvalue weighted by Crippen LogP contribution is -2.68. The molecule has 2 N–H and O–H groups in total. The number of likely N-dealkylation sites (tertiary alicyclic amines) is 2. The lowest BCUT2D eigenvalue weighted by molar-refractivity contribution is -0.221. The molecule has 0 aromatic heterocycles. The Bertz CT molecular complexity index is 1870. The Morgan fingerprint density at radius 2 is 1.52 bits per heavy atom. The van der Waals surface area contributed by atoms with E-state index in [-0.39, 0.29) is 33.1 Å². The number of nitrogens with one attached hydrogen (secondary N) is 1. The second-order valence-electron chi connectivity index (χ2n) is 21.7. The first-order valence-corrected chi connectivity index (χ1v) is 22.5. The number of rotatable bonds is 8. The highest BCUT2D eigenvalue weighted by atomic mass is 16.4. The SMILES string of the molecule is CC(C)[C@@H]1CC[C@]2(NC(=O)CN3C[C@@H]4C[C@@H]3CN4Cc3ccccc3)CC[C@]3(C)[C@H](CC[C@@H]4[C@@]5(C)CC=C(c6ccc(C(=O)O)cc6)C(C)(C)[C@@H]5CC[C@]43C)[C@@H]12. The summed E-state index contributed by atoms with van der Waals surface area (Å²) in [5.74, 6) is 3.12. The molecule has 11 atom stereocenters. The van der Waals surface area contributed by atoms with Crippen molar-refractivity contribution in [1.29, 1.82) is 0 Å². The number of aromatic carboxylic acids is 1. The standard InChI is InChI=1S/C50H69N3O3/c1-32(2)38-19-24-50(51-43(54)31-53-30-36-27-37(53)29-52(36)28-33-11-9-8-10-12-33)26-25-48(6)40(44(38)50)17-18-42-47(5)22-20-39(34-13-15-35(16-14-34)45(55)56)46(3,4)41(47)21-23-49(42,48)7/h8-16,20,32,36-38,40-42,44H,17-19,21-31H2,1-7H3,(H,51,54)(H,55,56)/t36-,37+,38-,40+,41-,42+,44+,47-,48+,49+,50-/m0/s1. The summed E-state index contributed by atoms with van der Waals surface area (Å²) in [6.45, 7) is 21.6. The van der Waals surface area contributed by atoms with Crippen molar-refractivity contribution in [3.8, 4) is 0 Å². The average Bonchev–Trinajstić information content (AvgIpc) is 3.85. The van der Waals surface area contributed by atoms with Gasteiger partial charge in [0.1, 0.15) is 0 Å². The van der Waals surface area contributed by atoms with Crippen LogP contribution >= 0.6 is 0 Å². The summed E-state index contributed by atoms with van der Waals surface area (Å²) >= 11 is 0. The maximum absolute atomic E-state index is 14.3. The molecule has 56 heavy (non-hydrogen) atoms. The van der Waals surface area contributed by atoms with Crippen LogP contribution in [0, 0.1) is 57.2 Å². The molecule has 6 heteroatoms. The zero-order valence-corrected chi connectivity index (χ0v) is 35.4. The molecule has 5 aliphatic carbocycles. The van der Waals surface area contributed by atoms with Gasteiger partial charge in [-0.2, -0.15) is 0 Å². The zero-order chi connectivity index (χ0) is 39.4. The van der Waals surface area contributed by atoms with Crippen LogP contribution in [0.4, 0.5) is 0 Å². The highest BCUT2D eigenvalue weighted by Crippen LogP contribution is 2.76. The van der Waals surface area contributed by atoms with Gasteiger partial charge in [0.05, 0.1) is 12.1 Å². The molecule has 0 radical (unpaired) electrons. The molecule has 9 rings (SSSR count). The minimum atomic E-state index is -0.864. The van der Waals surface area contributed by atoms with Crippen molar-refractivity contribution in [1.82, 2.24) is 15.1 Å². The van der Waals surface area contributed by atoms with Gasteiger partial charge in [-0.15, -0.1) is 0 Å². The summed E-state index contributed by atoms with van der Waals surface area (Å²) in [6, 6.07) is 19.5. The van der Waals surface area contributed by atoms with E-state index in [1.54, 1.807) is 12.1 Å². The third kappa shape index (κ3) is 5.75. The highest BCUT2D eigenvalue weighted by Gasteiger charge is 2.70. The van der Waals surface area contributed by atoms with Gasteiger partial charge in [-0.05, 0) is 150 Å². The largest absolute Gasteiger partial charge is 0.478 e. The summed E-state index contributed by atoms with van der Waals surface area (Å²) in [4.78, 5) is 31.1. The molecule has 2 heterocycles. The Labute approximate surface area is 337 Å². The Morgan fingerprint density at radius 1 is 0.804 bits per heavy atom. The summed E-state index contributed by atoms with van der Waals surface area (Å²) < 4.78 is 0. The number of fused-ring (bicyclic) bond motifs is 9. The van der Waals surface area contributed by atoms with Crippen LogP contribution in [0.2, 0.25) is 0 Å². The van der Waals surface area contributed by atoms with E-state index in [0.717, 1.165) is 38.9 Å². The van der Waals surface area contributed by atoms with E-state index in [1.165, 1.54) is 61.6 Å². The number of hydrogen-bond donors (Lipinski definition) is 2. The quantitative estimate of drug-likeness (QED) is 0.281. The van der Waals surface area contributed by atoms with Crippen molar-refractivity contribution >= 4 is 17.4 Å². The third-order valence-electron chi connectivity index (χ3n) is 18.8. The van der Waals surface area contributed by atoms with Gasteiger partial charge in [-0.3, -0.25) is 14.6 Å². The molecule has 2 bridgehead atoms. The van der Waals surface area contributed by atoms with Crippen molar-refractivity contribution in [3.05, 3.63) is 77.4 Å². The summed E-state index contributed by atoms with van der Waals surface area (Å²) in [5, 5.41) is 13.4. The smallest absolute Gasteiger partial charge is 0.335 e. The molecular weight excluding hydrogens is 691 g/mol. The van der Waals surface area contributed by atoms with Gasteiger partial charge in [-0.25, -0.2) is 4.79 Å². The maximum atomic E-state index is 14.3. The number of carbonyl (C=O) groups is 2. The van der Waals surface area contributed by atoms with Crippen LogP contribution < -0.4 is 5.32 Å². The molecule has 4 saturated carbocycles. The number of amides is 1. The number of allylic oxidation sites excluding steroid dienone is 2. The van der Waals surface area contributed by atoms with E-state index in [1.807, 2.05) is 12.1 Å². The number of piperazine rings is 1. The molecule has 2 aromatic rings. The lowest BCUT2D eigenvalue weighted by Gasteiger charge is -2.72. The van der Waals surface area contributed by atoms with E-state index in [4.69, 9.17) is 0 Å². The van der Waals surface area contributed by atoms with Gasteiger partial charge in [0, 0.05) is 37.3 Å². The Hall–Kier alpha value is -2.96. The highest BCUT2D eigenvalue weighted by molar-refractivity contribution is 5.88. The predicted molar refractivity (Wildman–Crippen MR) is 225 cm³/mol. The van der Waals surface area contributed by atoms with E-state index in [0.29, 0.717) is 59.7 Å². The first-order chi connectivity index (χ1) is 26.6. The van der Waals surface area contributed by atoms with E-state index < -0.39 is 5.97 Å². The maximum Gasteiger partial charge on any atom is 0.335 e. The number of carbonyl (C=O) groups excluding carboxylic acids is 1. The fourth-order valence-corrected chi connectivity index (χ4v) is 16.0. The molecule has 2 aromatic carbocycles. The second kappa shape index (κ2) is 13.5. The van der Waals surface area contributed by atoms with Crippen LogP contribution in [0.15, 0.2) is 60.7 Å². The van der Waals surface area contributed by atoms with Gasteiger partial charge in [-0.1, -0.05) is 97.0 Å². The first-order valence-electron chi connectivity index (χ1n) is 22.5. The van der Waals surface area contributed by atoms with E-state index in [2.05, 4.69) is 100.0 Å². The van der Waals surface area contributed by atoms with Crippen molar-refractivity contribution < 1.29 is 14.7 Å². The van der Waals surface area contributed by atoms with Gasteiger partial charge >= 0.3 is 5.97 Å². The molecule has 0 unspecified atom stereocenters. The topological polar surface area (TPSA) is 72.9 Å². The molecule has 6 nitrogen and oxygen atoms in total. The Balaban J connectivity index is 0.933. The number of carboxylic acid groups (broad SMARTS) is 1. The van der Waals surface area contributed by atoms with Crippen LogP contribution in [-0.4, -0.2) is 64.0 Å². The predicted octanol–water partition coefficient (Wildman–Crippen LogP) is 9.94. The molecule has 6 fully saturated rings. The third-order valence-corrected chi connectivity index (χ3v) is 18.8. The van der Waals surface area contributed by atoms with Crippen LogP contribution in [0.3, 0.4) is 0 Å². The molecule has 302 valence electrons. The average molecular weight is 760 g/mol. The number of hydrogen-bond acceptors (Lipinski definition) is 4. The number of nitrogens with zero attached hydrogens (tertiary/aromatic N) is 2. The lowest BCUT2D eigenvalue weighted by atomic mass is 9.33. The fourth-order valence-electron chi connectivity index (χ4n) is 16.0. The van der Waals surface area contributed by atoms with Crippen molar-refractivity contribution in [3.63, 3.8) is 0 Å². The summed E-state index contributed by atoms with van der Waals surface area (Å²) in [7, 11) is 0. The normalized spacial score (nSPS) is 41.4. The number of benzene rings is 2. The van der Waals surface area contributed by atoms with Crippen LogP contribution in [0.1, 0.15) is 134 Å². The monoisotopic (exact) mass is 760 g/mol. The van der Waals surface area contributed by atoms with Gasteiger partial charge < -0.3 is 10.4 Å². The molecule has 1 amide bonds. The first kappa shape index (κ1) is 38.6. The Morgan fingerprint density at radius 3 is 2.20 bits per heavy atom. The van der Waals surface area contributed by atoms with Crippen LogP contribution in [-0.2, 0) is 11.3 Å². The van der Waals surface area contributed by atoms with Crippen LogP contribution in [0.5, 0.6) is 0 Å². The molecule has 7 aliphatic rings.